The lowest BCUT2D eigenvalue weighted by Gasteiger charge is -2.35. The van der Waals surface area contributed by atoms with Crippen molar-refractivity contribution in [3.8, 4) is 79.4 Å². The van der Waals surface area contributed by atoms with Crippen molar-refractivity contribution in [3.05, 3.63) is 198 Å². The van der Waals surface area contributed by atoms with Gasteiger partial charge in [-0.15, -0.1) is 0 Å². The first-order chi connectivity index (χ1) is 30.7. The van der Waals surface area contributed by atoms with E-state index in [4.69, 9.17) is 28.8 Å². The molecule has 0 saturated carbocycles. The van der Waals surface area contributed by atoms with E-state index in [1.165, 1.54) is 5.56 Å². The third-order valence-corrected chi connectivity index (χ3v) is 13.0. The Balaban J connectivity index is 1.11. The van der Waals surface area contributed by atoms with Gasteiger partial charge in [0, 0.05) is 66.1 Å². The van der Waals surface area contributed by atoms with E-state index in [2.05, 4.69) is 119 Å². The molecule has 6 heteroatoms. The van der Waals surface area contributed by atoms with Crippen molar-refractivity contribution in [2.75, 3.05) is 0 Å². The summed E-state index contributed by atoms with van der Waals surface area (Å²) in [5.74, 6) is 5.30. The van der Waals surface area contributed by atoms with Crippen molar-refractivity contribution < 1.29 is 13.9 Å². The van der Waals surface area contributed by atoms with Crippen LogP contribution in [-0.4, -0.2) is 15.0 Å². The number of ether oxygens (including phenoxy) is 2. The highest BCUT2D eigenvalue weighted by Crippen LogP contribution is 2.52. The molecule has 8 aromatic carbocycles. The fraction of sp³-hybridized carbons (Fsp3) is 0.105. The molecule has 0 fully saturated rings. The molecule has 2 aliphatic rings. The van der Waals surface area contributed by atoms with E-state index >= 15 is 0 Å². The summed E-state index contributed by atoms with van der Waals surface area (Å²) >= 11 is 0. The van der Waals surface area contributed by atoms with E-state index < -0.39 is 0 Å². The molecule has 2 aliphatic heterocycles. The van der Waals surface area contributed by atoms with Crippen LogP contribution in [0.15, 0.2) is 180 Å². The Labute approximate surface area is 365 Å². The maximum absolute atomic E-state index is 7.01. The standard InChI is InChI=1S/C57H41N3O3/c1-56(2)42-21-11-13-23-46(42)61-48-28-26-36(32-44(48)56)38-30-40(37-27-29-49-45(33-37)57(3,4)43-22-12-14-24-47(43)62-49)52-41(31-38)51-39(20-15-25-50(51)63-52)55-59-53(34-16-7-5-8-17-34)58-54(60-55)35-18-9-6-10-19-35/h5-33H,1-4H3. The van der Waals surface area contributed by atoms with Crippen LogP contribution in [0.1, 0.15) is 49.9 Å². The molecule has 63 heavy (non-hydrogen) atoms. The van der Waals surface area contributed by atoms with Gasteiger partial charge in [-0.3, -0.25) is 0 Å². The van der Waals surface area contributed by atoms with Gasteiger partial charge in [0.25, 0.3) is 0 Å². The van der Waals surface area contributed by atoms with Crippen molar-refractivity contribution >= 4 is 21.9 Å². The Morgan fingerprint density at radius 1 is 0.365 bits per heavy atom. The first-order valence-electron chi connectivity index (χ1n) is 21.4. The Bertz CT molecular complexity index is 3400. The molecule has 0 bridgehead atoms. The smallest absolute Gasteiger partial charge is 0.164 e. The molecule has 0 atom stereocenters. The van der Waals surface area contributed by atoms with Crippen LogP contribution in [0.3, 0.4) is 0 Å². The summed E-state index contributed by atoms with van der Waals surface area (Å²) in [6, 6.07) is 60.6. The van der Waals surface area contributed by atoms with Crippen molar-refractivity contribution in [2.24, 2.45) is 0 Å². The molecular weight excluding hydrogens is 775 g/mol. The van der Waals surface area contributed by atoms with Gasteiger partial charge in [-0.1, -0.05) is 149 Å². The summed E-state index contributed by atoms with van der Waals surface area (Å²) in [7, 11) is 0. The van der Waals surface area contributed by atoms with Crippen molar-refractivity contribution in [1.29, 1.82) is 0 Å². The van der Waals surface area contributed by atoms with E-state index in [0.29, 0.717) is 17.5 Å². The quantitative estimate of drug-likeness (QED) is 0.172. The van der Waals surface area contributed by atoms with E-state index in [1.54, 1.807) is 0 Å². The van der Waals surface area contributed by atoms with Gasteiger partial charge in [0.05, 0.1) is 0 Å². The third kappa shape index (κ3) is 5.89. The lowest BCUT2D eigenvalue weighted by Crippen LogP contribution is -2.24. The predicted molar refractivity (Wildman–Crippen MR) is 252 cm³/mol. The van der Waals surface area contributed by atoms with Crippen LogP contribution in [0, 0.1) is 0 Å². The third-order valence-electron chi connectivity index (χ3n) is 13.0. The SMILES string of the molecule is CC1(C)c2ccccc2Oc2ccc(-c3cc(-c4ccc5c(c4)C(C)(C)c4ccccc4O5)c4oc5cccc(-c6nc(-c7ccccc7)nc(-c7ccccc7)n6)c5c4c3)cc21. The zero-order valence-electron chi connectivity index (χ0n) is 35.3. The van der Waals surface area contributed by atoms with E-state index in [-0.39, 0.29) is 10.8 Å². The molecule has 0 aliphatic carbocycles. The minimum Gasteiger partial charge on any atom is -0.457 e. The van der Waals surface area contributed by atoms with Crippen LogP contribution < -0.4 is 9.47 Å². The Kier molecular flexibility index (Phi) is 8.13. The molecule has 10 aromatic rings. The van der Waals surface area contributed by atoms with Crippen LogP contribution in [0.25, 0.3) is 78.4 Å². The van der Waals surface area contributed by atoms with Gasteiger partial charge in [0.15, 0.2) is 17.5 Å². The van der Waals surface area contributed by atoms with Crippen molar-refractivity contribution in [2.45, 2.75) is 38.5 Å². The normalized spacial score (nSPS) is 14.2. The van der Waals surface area contributed by atoms with E-state index in [9.17, 15) is 0 Å². The number of nitrogens with zero attached hydrogens (tertiary/aromatic N) is 3. The monoisotopic (exact) mass is 815 g/mol. The molecule has 0 saturated heterocycles. The topological polar surface area (TPSA) is 70.3 Å². The molecule has 4 heterocycles. The minimum absolute atomic E-state index is 0.283. The first kappa shape index (κ1) is 37.0. The van der Waals surface area contributed by atoms with Crippen LogP contribution in [0.4, 0.5) is 0 Å². The fourth-order valence-corrected chi connectivity index (χ4v) is 9.66. The van der Waals surface area contributed by atoms with Crippen molar-refractivity contribution in [1.82, 2.24) is 15.0 Å². The maximum atomic E-state index is 7.01. The van der Waals surface area contributed by atoms with Gasteiger partial charge in [-0.05, 0) is 71.3 Å². The van der Waals surface area contributed by atoms with E-state index in [1.807, 2.05) is 84.9 Å². The van der Waals surface area contributed by atoms with Gasteiger partial charge >= 0.3 is 0 Å². The zero-order chi connectivity index (χ0) is 42.5. The molecular formula is C57H41N3O3. The molecule has 0 spiro atoms. The minimum atomic E-state index is -0.302. The molecule has 6 nitrogen and oxygen atoms in total. The Morgan fingerprint density at radius 3 is 1.48 bits per heavy atom. The van der Waals surface area contributed by atoms with Crippen LogP contribution in [0.2, 0.25) is 0 Å². The fourth-order valence-electron chi connectivity index (χ4n) is 9.66. The lowest BCUT2D eigenvalue weighted by atomic mass is 9.74. The average molecular weight is 816 g/mol. The summed E-state index contributed by atoms with van der Waals surface area (Å²) in [6.45, 7) is 9.10. The summed E-state index contributed by atoms with van der Waals surface area (Å²) in [6.07, 6.45) is 0. The Morgan fingerprint density at radius 2 is 0.873 bits per heavy atom. The lowest BCUT2D eigenvalue weighted by molar-refractivity contribution is 0.418. The summed E-state index contributed by atoms with van der Waals surface area (Å²) in [5.41, 5.74) is 12.3. The molecule has 2 aromatic heterocycles. The second-order valence-corrected chi connectivity index (χ2v) is 17.6. The molecule has 0 unspecified atom stereocenters. The number of aromatic nitrogens is 3. The van der Waals surface area contributed by atoms with Crippen LogP contribution in [0.5, 0.6) is 23.0 Å². The number of fused-ring (bicyclic) bond motifs is 7. The van der Waals surface area contributed by atoms with Crippen LogP contribution in [-0.2, 0) is 10.8 Å². The van der Waals surface area contributed by atoms with Crippen LogP contribution >= 0.6 is 0 Å². The predicted octanol–water partition coefficient (Wildman–Crippen LogP) is 15.0. The highest BCUT2D eigenvalue weighted by molar-refractivity contribution is 6.16. The number of para-hydroxylation sites is 2. The first-order valence-corrected chi connectivity index (χ1v) is 21.4. The molecule has 12 rings (SSSR count). The van der Waals surface area contributed by atoms with Gasteiger partial charge in [0.2, 0.25) is 0 Å². The second kappa shape index (κ2) is 13.8. The summed E-state index contributed by atoms with van der Waals surface area (Å²) < 4.78 is 20.0. The van der Waals surface area contributed by atoms with Gasteiger partial charge < -0.3 is 13.9 Å². The number of hydrogen-bond acceptors (Lipinski definition) is 6. The zero-order valence-corrected chi connectivity index (χ0v) is 35.3. The van der Waals surface area contributed by atoms with Gasteiger partial charge in [0.1, 0.15) is 34.2 Å². The number of rotatable bonds is 5. The molecule has 0 amide bonds. The highest BCUT2D eigenvalue weighted by atomic mass is 16.5. The molecule has 302 valence electrons. The number of benzene rings is 8. The second-order valence-electron chi connectivity index (χ2n) is 17.6. The molecule has 0 radical (unpaired) electrons. The van der Waals surface area contributed by atoms with E-state index in [0.717, 1.165) is 101 Å². The largest absolute Gasteiger partial charge is 0.457 e. The molecule has 0 N–H and O–H groups in total. The summed E-state index contributed by atoms with van der Waals surface area (Å²) in [5, 5.41) is 1.90. The Hall–Kier alpha value is -7.83. The van der Waals surface area contributed by atoms with Gasteiger partial charge in [-0.25, -0.2) is 15.0 Å². The average Bonchev–Trinajstić information content (AvgIpc) is 3.71. The summed E-state index contributed by atoms with van der Waals surface area (Å²) in [4.78, 5) is 15.3. The van der Waals surface area contributed by atoms with Crippen molar-refractivity contribution in [3.63, 3.8) is 0 Å². The maximum Gasteiger partial charge on any atom is 0.164 e. The highest BCUT2D eigenvalue weighted by Gasteiger charge is 2.36. The number of hydrogen-bond donors (Lipinski definition) is 0. The van der Waals surface area contributed by atoms with Gasteiger partial charge in [-0.2, -0.15) is 0 Å². The number of furan rings is 1.